The number of carbonyl (C=O) groups excluding carboxylic acids is 1. The second-order valence-electron chi connectivity index (χ2n) is 1.42. The van der Waals surface area contributed by atoms with Crippen molar-refractivity contribution in [2.75, 3.05) is 0 Å². The van der Waals surface area contributed by atoms with E-state index in [0.29, 0.717) is 5.57 Å². The predicted molar refractivity (Wildman–Crippen MR) is 36.9 cm³/mol. The van der Waals surface area contributed by atoms with E-state index in [0.717, 1.165) is 0 Å². The summed E-state index contributed by atoms with van der Waals surface area (Å²) >= 11 is 0. The van der Waals surface area contributed by atoms with Gasteiger partial charge < -0.3 is 4.84 Å². The smallest absolute Gasteiger partial charge is 0.351 e. The maximum absolute atomic E-state index is 10.5. The summed E-state index contributed by atoms with van der Waals surface area (Å²) in [6.45, 7) is 4.92. The summed E-state index contributed by atoms with van der Waals surface area (Å²) in [7, 11) is 2.11. The van der Waals surface area contributed by atoms with Crippen molar-refractivity contribution >= 4 is 15.4 Å². The summed E-state index contributed by atoms with van der Waals surface area (Å²) in [5, 5.41) is 2.34. The predicted octanol–water partition coefficient (Wildman–Crippen LogP) is -0.0950. The highest BCUT2D eigenvalue weighted by molar-refractivity contribution is 7.13. The van der Waals surface area contributed by atoms with Crippen molar-refractivity contribution in [3.8, 4) is 0 Å². The summed E-state index contributed by atoms with van der Waals surface area (Å²) in [5.74, 6) is -0.482. The van der Waals surface area contributed by atoms with Gasteiger partial charge in [0.15, 0.2) is 0 Å². The molecule has 0 fully saturated rings. The molecule has 9 heavy (non-hydrogen) atoms. The Morgan fingerprint density at radius 2 is 2.33 bits per heavy atom. The average molecular weight is 148 g/mol. The van der Waals surface area contributed by atoms with Gasteiger partial charge >= 0.3 is 5.97 Å². The Kier molecular flexibility index (Phi) is 4.22. The summed E-state index contributed by atoms with van der Waals surface area (Å²) in [6.07, 6.45) is 0. The van der Waals surface area contributed by atoms with Crippen molar-refractivity contribution in [3.05, 3.63) is 12.2 Å². The molecule has 1 atom stereocenters. The Hall–Kier alpha value is -0.440. The molecule has 0 aromatic rings. The van der Waals surface area contributed by atoms with Gasteiger partial charge in [0.05, 0.1) is 0 Å². The van der Waals surface area contributed by atoms with Crippen molar-refractivity contribution in [3.63, 3.8) is 0 Å². The van der Waals surface area contributed by atoms with Gasteiger partial charge in [-0.3, -0.25) is 0 Å². The highest BCUT2D eigenvalue weighted by atomic mass is 31.0. The van der Waals surface area contributed by atoms with E-state index in [2.05, 4.69) is 31.6 Å². The number of nitrogens with one attached hydrogen (secondary N) is 2. The van der Waals surface area contributed by atoms with Crippen molar-refractivity contribution < 1.29 is 9.63 Å². The summed E-state index contributed by atoms with van der Waals surface area (Å²) < 4.78 is 0. The molecule has 0 spiro atoms. The lowest BCUT2D eigenvalue weighted by atomic mass is 10.4. The van der Waals surface area contributed by atoms with E-state index in [1.807, 2.05) is 0 Å². The maximum atomic E-state index is 10.5. The van der Waals surface area contributed by atoms with Gasteiger partial charge in [0, 0.05) is 5.57 Å². The summed E-state index contributed by atoms with van der Waals surface area (Å²) in [5.41, 5.74) is 2.48. The molecule has 0 aliphatic carbocycles. The Bertz CT molecular complexity index is 126. The molecule has 0 aliphatic heterocycles. The van der Waals surface area contributed by atoms with Crippen LogP contribution in [0.2, 0.25) is 0 Å². The zero-order chi connectivity index (χ0) is 7.28. The molecule has 0 aromatic heterocycles. The topological polar surface area (TPSA) is 50.4 Å². The lowest BCUT2D eigenvalue weighted by molar-refractivity contribution is -0.147. The first-order valence-electron chi connectivity index (χ1n) is 2.25. The fourth-order valence-electron chi connectivity index (χ4n) is 0.163. The van der Waals surface area contributed by atoms with Gasteiger partial charge in [0.2, 0.25) is 0 Å². The van der Waals surface area contributed by atoms with Gasteiger partial charge in [0.1, 0.15) is 0 Å². The number of rotatable bonds is 3. The van der Waals surface area contributed by atoms with Crippen LogP contribution in [0, 0.1) is 0 Å². The zero-order valence-electron chi connectivity index (χ0n) is 5.10. The molecule has 1 unspecified atom stereocenters. The molecule has 52 valence electrons. The third-order valence-corrected chi connectivity index (χ3v) is 0.669. The fourth-order valence-corrected chi connectivity index (χ4v) is 0.222. The van der Waals surface area contributed by atoms with Gasteiger partial charge in [-0.1, -0.05) is 12.2 Å². The van der Waals surface area contributed by atoms with Crippen molar-refractivity contribution in [2.24, 2.45) is 0 Å². The van der Waals surface area contributed by atoms with Crippen LogP contribution in [0.3, 0.4) is 0 Å². The number of hydrogen-bond donors (Lipinski definition) is 2. The van der Waals surface area contributed by atoms with Crippen LogP contribution < -0.4 is 10.8 Å². The second-order valence-corrected chi connectivity index (χ2v) is 1.70. The quantitative estimate of drug-likeness (QED) is 0.333. The molecule has 0 heterocycles. The van der Waals surface area contributed by atoms with Crippen LogP contribution in [-0.4, -0.2) is 5.97 Å². The minimum atomic E-state index is -0.482. The van der Waals surface area contributed by atoms with E-state index in [1.54, 1.807) is 6.92 Å². The molecule has 0 amide bonds. The average Bonchev–Trinajstić information content (AvgIpc) is 1.82. The molecule has 2 N–H and O–H groups in total. The Morgan fingerprint density at radius 1 is 1.78 bits per heavy atom. The van der Waals surface area contributed by atoms with Crippen LogP contribution in [0.4, 0.5) is 0 Å². The first-order chi connectivity index (χ1) is 4.18. The highest BCUT2D eigenvalue weighted by Gasteiger charge is 1.99. The molecular formula is C4H9N2O2P. The molecule has 0 aliphatic rings. The van der Waals surface area contributed by atoms with E-state index in [1.165, 1.54) is 0 Å². The van der Waals surface area contributed by atoms with E-state index >= 15 is 0 Å². The molecular weight excluding hydrogens is 139 g/mol. The Balaban J connectivity index is 3.39. The normalized spacial score (nSPS) is 8.67. The summed E-state index contributed by atoms with van der Waals surface area (Å²) in [4.78, 5) is 14.8. The molecule has 0 rings (SSSR count). The third kappa shape index (κ3) is 4.09. The molecule has 5 heteroatoms. The monoisotopic (exact) mass is 148 g/mol. The van der Waals surface area contributed by atoms with Crippen LogP contribution in [0.25, 0.3) is 0 Å². The maximum Gasteiger partial charge on any atom is 0.353 e. The fraction of sp³-hybridized carbons (Fsp3) is 0.250. The van der Waals surface area contributed by atoms with Gasteiger partial charge in [-0.15, -0.1) is 0 Å². The number of hydrazine groups is 1. The van der Waals surface area contributed by atoms with E-state index in [9.17, 15) is 4.79 Å². The Morgan fingerprint density at radius 3 is 2.67 bits per heavy atom. The van der Waals surface area contributed by atoms with Crippen LogP contribution in [0.15, 0.2) is 12.2 Å². The molecule has 0 bridgehead atoms. The van der Waals surface area contributed by atoms with Crippen LogP contribution >= 0.6 is 9.39 Å². The molecule has 0 radical (unpaired) electrons. The second kappa shape index (κ2) is 4.44. The first-order valence-corrected chi connectivity index (χ1v) is 2.83. The van der Waals surface area contributed by atoms with E-state index < -0.39 is 5.97 Å². The lowest BCUT2D eigenvalue weighted by Crippen LogP contribution is -2.26. The Labute approximate surface area is 55.8 Å². The number of hydrogen-bond acceptors (Lipinski definition) is 4. The standard InChI is InChI=1S/C4H9N2O2P/c1-3(2)4(7)8-5-6-9/h5-6H,1,9H2,2H3. The minimum absolute atomic E-state index is 0.350. The SMILES string of the molecule is C=C(C)C(=O)ONNP. The van der Waals surface area contributed by atoms with Gasteiger partial charge in [0.25, 0.3) is 0 Å². The molecule has 0 saturated carbocycles. The highest BCUT2D eigenvalue weighted by Crippen LogP contribution is 1.87. The van der Waals surface area contributed by atoms with E-state index in [-0.39, 0.29) is 0 Å². The molecule has 0 saturated heterocycles. The van der Waals surface area contributed by atoms with Crippen molar-refractivity contribution in [1.29, 1.82) is 0 Å². The van der Waals surface area contributed by atoms with Gasteiger partial charge in [-0.25, -0.2) is 9.99 Å². The van der Waals surface area contributed by atoms with Crippen LogP contribution in [0.5, 0.6) is 0 Å². The zero-order valence-corrected chi connectivity index (χ0v) is 6.26. The summed E-state index contributed by atoms with van der Waals surface area (Å²) in [6, 6.07) is 0. The van der Waals surface area contributed by atoms with Gasteiger partial charge in [-0.05, 0) is 16.3 Å². The molecule has 4 nitrogen and oxygen atoms in total. The molecule has 0 aromatic carbocycles. The van der Waals surface area contributed by atoms with Crippen LogP contribution in [-0.2, 0) is 9.63 Å². The third-order valence-electron chi connectivity index (χ3n) is 0.551. The van der Waals surface area contributed by atoms with Crippen molar-refractivity contribution in [2.45, 2.75) is 6.92 Å². The lowest BCUT2D eigenvalue weighted by Gasteiger charge is -2.00. The number of carbonyl (C=O) groups is 1. The largest absolute Gasteiger partial charge is 0.353 e. The minimum Gasteiger partial charge on any atom is -0.351 e. The first kappa shape index (κ1) is 8.56. The van der Waals surface area contributed by atoms with Crippen LogP contribution in [0.1, 0.15) is 6.92 Å². The van der Waals surface area contributed by atoms with Gasteiger partial charge in [-0.2, -0.15) is 0 Å². The van der Waals surface area contributed by atoms with Crippen molar-refractivity contribution in [1.82, 2.24) is 10.8 Å². The van der Waals surface area contributed by atoms with E-state index in [4.69, 9.17) is 0 Å².